The third-order valence-electron chi connectivity index (χ3n) is 3.38. The molecule has 2 rings (SSSR count). The Balaban J connectivity index is 2.20. The van der Waals surface area contributed by atoms with Crippen molar-refractivity contribution in [2.75, 3.05) is 18.8 Å². The number of thioether (sulfide) groups is 1. The molecule has 0 unspecified atom stereocenters. The van der Waals surface area contributed by atoms with Gasteiger partial charge in [-0.15, -0.1) is 11.8 Å². The van der Waals surface area contributed by atoms with Crippen LogP contribution in [0.3, 0.4) is 0 Å². The quantitative estimate of drug-likeness (QED) is 0.657. The summed E-state index contributed by atoms with van der Waals surface area (Å²) in [5.74, 6) is 1.46. The Morgan fingerprint density at radius 3 is 2.84 bits per heavy atom. The summed E-state index contributed by atoms with van der Waals surface area (Å²) in [6.45, 7) is 4.03. The minimum Gasteiger partial charge on any atom is -0.317 e. The van der Waals surface area contributed by atoms with Crippen LogP contribution in [0.4, 0.5) is 0 Å². The van der Waals surface area contributed by atoms with E-state index in [0.717, 1.165) is 48.6 Å². The van der Waals surface area contributed by atoms with Gasteiger partial charge in [0.2, 0.25) is 0 Å². The van der Waals surface area contributed by atoms with E-state index in [-0.39, 0.29) is 11.7 Å². The lowest BCUT2D eigenvalue weighted by atomic mass is 9.89. The fourth-order valence-electron chi connectivity index (χ4n) is 2.34. The average molecular weight is 298 g/mol. The highest BCUT2D eigenvalue weighted by atomic mass is 35.5. The van der Waals surface area contributed by atoms with E-state index in [1.807, 2.05) is 18.2 Å². The molecule has 0 amide bonds. The highest BCUT2D eigenvalue weighted by Crippen LogP contribution is 2.30. The number of rotatable bonds is 5. The highest BCUT2D eigenvalue weighted by molar-refractivity contribution is 7.99. The van der Waals surface area contributed by atoms with E-state index in [0.29, 0.717) is 5.02 Å². The molecule has 0 radical (unpaired) electrons. The monoisotopic (exact) mass is 297 g/mol. The van der Waals surface area contributed by atoms with Crippen molar-refractivity contribution in [3.8, 4) is 0 Å². The Bertz CT molecular complexity index is 444. The van der Waals surface area contributed by atoms with Crippen LogP contribution in [0.5, 0.6) is 0 Å². The Morgan fingerprint density at radius 2 is 2.16 bits per heavy atom. The molecule has 0 spiro atoms. The van der Waals surface area contributed by atoms with E-state index in [4.69, 9.17) is 11.6 Å². The highest BCUT2D eigenvalue weighted by Gasteiger charge is 2.24. The maximum atomic E-state index is 12.6. The minimum atomic E-state index is 0.153. The normalized spacial score (nSPS) is 16.5. The molecule has 1 aliphatic heterocycles. The standard InChI is InChI=1S/C15H20ClNOS/c1-2-9-19-14-4-3-12(16)10-13(14)15(18)11-5-7-17-8-6-11/h3-4,10-11,17H,2,5-9H2,1H3. The number of piperidine rings is 1. The molecule has 1 heterocycles. The average Bonchev–Trinajstić information content (AvgIpc) is 2.46. The van der Waals surface area contributed by atoms with Gasteiger partial charge in [0.1, 0.15) is 0 Å². The van der Waals surface area contributed by atoms with Crippen molar-refractivity contribution >= 4 is 29.1 Å². The van der Waals surface area contributed by atoms with Crippen molar-refractivity contribution in [2.24, 2.45) is 5.92 Å². The summed E-state index contributed by atoms with van der Waals surface area (Å²) >= 11 is 7.81. The van der Waals surface area contributed by atoms with Gasteiger partial charge in [-0.3, -0.25) is 4.79 Å². The Kier molecular flexibility index (Phi) is 5.74. The number of carbonyl (C=O) groups excluding carboxylic acids is 1. The molecule has 1 saturated heterocycles. The van der Waals surface area contributed by atoms with Crippen molar-refractivity contribution in [1.29, 1.82) is 0 Å². The molecular formula is C15H20ClNOS. The molecule has 0 saturated carbocycles. The second-order valence-electron chi connectivity index (χ2n) is 4.88. The van der Waals surface area contributed by atoms with Crippen molar-refractivity contribution in [3.05, 3.63) is 28.8 Å². The molecule has 1 fully saturated rings. The molecule has 1 aromatic rings. The lowest BCUT2D eigenvalue weighted by Gasteiger charge is -2.22. The first-order valence-corrected chi connectivity index (χ1v) is 8.26. The van der Waals surface area contributed by atoms with Crippen molar-refractivity contribution in [1.82, 2.24) is 5.32 Å². The first-order valence-electron chi connectivity index (χ1n) is 6.89. The zero-order valence-electron chi connectivity index (χ0n) is 11.2. The van der Waals surface area contributed by atoms with Crippen LogP contribution in [0, 0.1) is 5.92 Å². The summed E-state index contributed by atoms with van der Waals surface area (Å²) in [5.41, 5.74) is 0.817. The van der Waals surface area contributed by atoms with Gasteiger partial charge in [0, 0.05) is 21.4 Å². The molecule has 0 bridgehead atoms. The maximum absolute atomic E-state index is 12.6. The summed E-state index contributed by atoms with van der Waals surface area (Å²) in [6.07, 6.45) is 2.97. The number of Topliss-reactive ketones (excluding diaryl/α,β-unsaturated/α-hetero) is 1. The van der Waals surface area contributed by atoms with Crippen LogP contribution in [-0.4, -0.2) is 24.6 Å². The molecule has 0 aliphatic carbocycles. The van der Waals surface area contributed by atoms with Gasteiger partial charge in [0.05, 0.1) is 0 Å². The number of ketones is 1. The van der Waals surface area contributed by atoms with Gasteiger partial charge in [0.25, 0.3) is 0 Å². The fraction of sp³-hybridized carbons (Fsp3) is 0.533. The van der Waals surface area contributed by atoms with Crippen LogP contribution in [0.1, 0.15) is 36.5 Å². The summed E-state index contributed by atoms with van der Waals surface area (Å²) in [6, 6.07) is 5.69. The van der Waals surface area contributed by atoms with Crippen molar-refractivity contribution < 1.29 is 4.79 Å². The molecule has 2 nitrogen and oxygen atoms in total. The number of benzene rings is 1. The predicted octanol–water partition coefficient (Wildman–Crippen LogP) is 4.02. The van der Waals surface area contributed by atoms with Gasteiger partial charge in [-0.25, -0.2) is 0 Å². The first kappa shape index (κ1) is 14.9. The van der Waals surface area contributed by atoms with Gasteiger partial charge < -0.3 is 5.32 Å². The summed E-state index contributed by atoms with van der Waals surface area (Å²) in [7, 11) is 0. The first-order chi connectivity index (χ1) is 9.22. The van der Waals surface area contributed by atoms with Crippen molar-refractivity contribution in [2.45, 2.75) is 31.1 Å². The number of hydrogen-bond donors (Lipinski definition) is 1. The topological polar surface area (TPSA) is 29.1 Å². The molecule has 19 heavy (non-hydrogen) atoms. The lowest BCUT2D eigenvalue weighted by Crippen LogP contribution is -2.32. The fourth-order valence-corrected chi connectivity index (χ4v) is 3.41. The van der Waals surface area contributed by atoms with Gasteiger partial charge in [-0.05, 0) is 56.3 Å². The predicted molar refractivity (Wildman–Crippen MR) is 82.4 cm³/mol. The summed E-state index contributed by atoms with van der Waals surface area (Å²) in [5, 5.41) is 3.95. The van der Waals surface area contributed by atoms with Gasteiger partial charge in [0.15, 0.2) is 5.78 Å². The molecule has 4 heteroatoms. The molecule has 1 N–H and O–H groups in total. The minimum absolute atomic E-state index is 0.153. The molecule has 1 aliphatic rings. The van der Waals surface area contributed by atoms with Crippen LogP contribution < -0.4 is 5.32 Å². The second kappa shape index (κ2) is 7.32. The van der Waals surface area contributed by atoms with Crippen LogP contribution in [-0.2, 0) is 0 Å². The molecule has 0 atom stereocenters. The van der Waals surface area contributed by atoms with Gasteiger partial charge >= 0.3 is 0 Å². The zero-order chi connectivity index (χ0) is 13.7. The van der Waals surface area contributed by atoms with Crippen LogP contribution in [0.25, 0.3) is 0 Å². The Labute approximate surface area is 124 Å². The molecule has 0 aromatic heterocycles. The third-order valence-corrected chi connectivity index (χ3v) is 4.89. The number of nitrogens with one attached hydrogen (secondary N) is 1. The van der Waals surface area contributed by atoms with Gasteiger partial charge in [-0.2, -0.15) is 0 Å². The Morgan fingerprint density at radius 1 is 1.42 bits per heavy atom. The van der Waals surface area contributed by atoms with E-state index in [1.54, 1.807) is 11.8 Å². The SMILES string of the molecule is CCCSc1ccc(Cl)cc1C(=O)C1CCNCC1. The van der Waals surface area contributed by atoms with Crippen LogP contribution in [0.2, 0.25) is 5.02 Å². The maximum Gasteiger partial charge on any atom is 0.167 e. The van der Waals surface area contributed by atoms with E-state index >= 15 is 0 Å². The Hall–Kier alpha value is -0.510. The smallest absolute Gasteiger partial charge is 0.167 e. The molecular weight excluding hydrogens is 278 g/mol. The number of carbonyl (C=O) groups is 1. The third kappa shape index (κ3) is 3.98. The number of hydrogen-bond acceptors (Lipinski definition) is 3. The molecule has 1 aromatic carbocycles. The zero-order valence-corrected chi connectivity index (χ0v) is 12.8. The van der Waals surface area contributed by atoms with Crippen molar-refractivity contribution in [3.63, 3.8) is 0 Å². The van der Waals surface area contributed by atoms with E-state index in [1.165, 1.54) is 0 Å². The summed E-state index contributed by atoms with van der Waals surface area (Å²) in [4.78, 5) is 13.7. The second-order valence-corrected chi connectivity index (χ2v) is 6.45. The van der Waals surface area contributed by atoms with E-state index < -0.39 is 0 Å². The summed E-state index contributed by atoms with van der Waals surface area (Å²) < 4.78 is 0. The largest absolute Gasteiger partial charge is 0.317 e. The lowest BCUT2D eigenvalue weighted by molar-refractivity contribution is 0.0892. The van der Waals surface area contributed by atoms with Crippen LogP contribution >= 0.6 is 23.4 Å². The van der Waals surface area contributed by atoms with Crippen LogP contribution in [0.15, 0.2) is 23.1 Å². The van der Waals surface area contributed by atoms with E-state index in [2.05, 4.69) is 12.2 Å². The molecule has 104 valence electrons. The number of halogens is 1. The van der Waals surface area contributed by atoms with E-state index in [9.17, 15) is 4.79 Å². The van der Waals surface area contributed by atoms with Gasteiger partial charge in [-0.1, -0.05) is 18.5 Å².